The van der Waals surface area contributed by atoms with Crippen LogP contribution in [0.5, 0.6) is 0 Å². The Kier molecular flexibility index (Phi) is 3.96. The van der Waals surface area contributed by atoms with E-state index >= 15 is 0 Å². The van der Waals surface area contributed by atoms with Crippen LogP contribution in [-0.2, 0) is 12.8 Å². The first kappa shape index (κ1) is 15.8. The molecule has 1 aromatic heterocycles. The zero-order valence-electron chi connectivity index (χ0n) is 15.1. The first-order valence-electron chi connectivity index (χ1n) is 8.91. The molecular weight excluding hydrogens is 308 g/mol. The summed E-state index contributed by atoms with van der Waals surface area (Å²) in [6.07, 6.45) is 2.02. The zero-order chi connectivity index (χ0) is 17.4. The fourth-order valence-electron chi connectivity index (χ4n) is 3.53. The summed E-state index contributed by atoms with van der Waals surface area (Å²) in [6, 6.07) is 17.1. The van der Waals surface area contributed by atoms with Crippen LogP contribution < -0.4 is 10.2 Å². The van der Waals surface area contributed by atoms with Crippen LogP contribution in [0.4, 0.5) is 11.5 Å². The molecule has 1 N–H and O–H groups in total. The summed E-state index contributed by atoms with van der Waals surface area (Å²) in [5.41, 5.74) is 7.27. The van der Waals surface area contributed by atoms with Gasteiger partial charge in [0.25, 0.3) is 0 Å². The monoisotopic (exact) mass is 332 g/mol. The minimum atomic E-state index is 0.974. The second-order valence-electron chi connectivity index (χ2n) is 6.69. The number of anilines is 2. The van der Waals surface area contributed by atoms with Crippen molar-refractivity contribution in [1.29, 1.82) is 0 Å². The third kappa shape index (κ3) is 2.68. The lowest BCUT2D eigenvalue weighted by Gasteiger charge is -2.13. The summed E-state index contributed by atoms with van der Waals surface area (Å²) in [5.74, 6) is 1.14. The van der Waals surface area contributed by atoms with E-state index in [1.807, 2.05) is 0 Å². The summed E-state index contributed by atoms with van der Waals surface area (Å²) in [7, 11) is 4.14. The van der Waals surface area contributed by atoms with E-state index in [0.29, 0.717) is 0 Å². The molecular formula is C21H24N4. The molecule has 0 saturated heterocycles. The topological polar surface area (TPSA) is 33.1 Å². The maximum Gasteiger partial charge on any atom is 0.133 e. The van der Waals surface area contributed by atoms with Gasteiger partial charge in [-0.15, -0.1) is 0 Å². The number of aryl methyl sites for hydroxylation is 1. The number of benzene rings is 2. The van der Waals surface area contributed by atoms with Crippen LogP contribution in [0.1, 0.15) is 18.1 Å². The largest absolute Gasteiger partial charge is 0.378 e. The van der Waals surface area contributed by atoms with Crippen LogP contribution in [0.2, 0.25) is 0 Å². The van der Waals surface area contributed by atoms with Gasteiger partial charge < -0.3 is 10.2 Å². The molecule has 4 heteroatoms. The summed E-state index contributed by atoms with van der Waals surface area (Å²) < 4.78 is 2.10. The Hall–Kier alpha value is -2.75. The second kappa shape index (κ2) is 6.28. The normalized spacial score (nSPS) is 12.8. The molecule has 0 radical (unpaired) electrons. The van der Waals surface area contributed by atoms with Crippen molar-refractivity contribution in [2.24, 2.45) is 0 Å². The molecule has 0 unspecified atom stereocenters. The van der Waals surface area contributed by atoms with E-state index in [1.165, 1.54) is 28.1 Å². The van der Waals surface area contributed by atoms with Gasteiger partial charge in [0.1, 0.15) is 5.82 Å². The number of aromatic nitrogens is 2. The number of nitrogens with zero attached hydrogens (tertiary/aromatic N) is 3. The third-order valence-corrected chi connectivity index (χ3v) is 4.89. The Bertz CT molecular complexity index is 908. The molecule has 128 valence electrons. The highest BCUT2D eigenvalue weighted by Gasteiger charge is 2.24. The number of hydrogen-bond donors (Lipinski definition) is 1. The molecule has 25 heavy (non-hydrogen) atoms. The fourth-order valence-corrected chi connectivity index (χ4v) is 3.53. The number of para-hydroxylation sites is 1. The standard InChI is InChI=1S/C21H24N4/c1-4-15-8-5-6-11-19(15)25-21-18(12-13-22-21)20(23-25)16-9-7-10-17(14-16)24(2)3/h5-11,14,22H,4,12-13H2,1-3H3. The van der Waals surface area contributed by atoms with E-state index in [9.17, 15) is 0 Å². The lowest BCUT2D eigenvalue weighted by molar-refractivity contribution is 0.866. The molecule has 3 aromatic rings. The van der Waals surface area contributed by atoms with Gasteiger partial charge in [-0.25, -0.2) is 4.68 Å². The van der Waals surface area contributed by atoms with E-state index in [4.69, 9.17) is 5.10 Å². The van der Waals surface area contributed by atoms with Gasteiger partial charge in [0.15, 0.2) is 0 Å². The quantitative estimate of drug-likeness (QED) is 0.779. The number of rotatable bonds is 4. The van der Waals surface area contributed by atoms with E-state index in [2.05, 4.69) is 84.4 Å². The van der Waals surface area contributed by atoms with Crippen LogP contribution >= 0.6 is 0 Å². The van der Waals surface area contributed by atoms with Crippen molar-refractivity contribution in [3.05, 3.63) is 59.7 Å². The Labute approximate surface area is 149 Å². The molecule has 0 spiro atoms. The Morgan fingerprint density at radius 3 is 2.76 bits per heavy atom. The van der Waals surface area contributed by atoms with Gasteiger partial charge in [0, 0.05) is 37.5 Å². The molecule has 0 atom stereocenters. The van der Waals surface area contributed by atoms with Crippen molar-refractivity contribution in [2.45, 2.75) is 19.8 Å². The van der Waals surface area contributed by atoms with Gasteiger partial charge >= 0.3 is 0 Å². The SMILES string of the molecule is CCc1ccccc1-n1nc(-c2cccc(N(C)C)c2)c2c1NCC2. The molecule has 1 aliphatic heterocycles. The van der Waals surface area contributed by atoms with Gasteiger partial charge in [0.05, 0.1) is 11.4 Å². The van der Waals surface area contributed by atoms with Crippen LogP contribution in [0.3, 0.4) is 0 Å². The number of hydrogen-bond acceptors (Lipinski definition) is 3. The summed E-state index contributed by atoms with van der Waals surface area (Å²) >= 11 is 0. The van der Waals surface area contributed by atoms with Crippen molar-refractivity contribution in [2.75, 3.05) is 30.9 Å². The Morgan fingerprint density at radius 2 is 1.96 bits per heavy atom. The Morgan fingerprint density at radius 1 is 1.12 bits per heavy atom. The van der Waals surface area contributed by atoms with Gasteiger partial charge in [-0.2, -0.15) is 5.10 Å². The molecule has 0 saturated carbocycles. The molecule has 0 aliphatic carbocycles. The fraction of sp³-hybridized carbons (Fsp3) is 0.286. The molecule has 0 bridgehead atoms. The molecule has 0 amide bonds. The van der Waals surface area contributed by atoms with Gasteiger partial charge in [-0.3, -0.25) is 0 Å². The van der Waals surface area contributed by atoms with E-state index < -0.39 is 0 Å². The molecule has 4 rings (SSSR count). The van der Waals surface area contributed by atoms with Crippen LogP contribution in [0.15, 0.2) is 48.5 Å². The van der Waals surface area contributed by atoms with Gasteiger partial charge in [0.2, 0.25) is 0 Å². The second-order valence-corrected chi connectivity index (χ2v) is 6.69. The van der Waals surface area contributed by atoms with Crippen LogP contribution in [0.25, 0.3) is 16.9 Å². The van der Waals surface area contributed by atoms with E-state index in [0.717, 1.165) is 30.9 Å². The van der Waals surface area contributed by atoms with Gasteiger partial charge in [-0.05, 0) is 36.6 Å². The predicted molar refractivity (Wildman–Crippen MR) is 105 cm³/mol. The molecule has 2 heterocycles. The molecule has 4 nitrogen and oxygen atoms in total. The predicted octanol–water partition coefficient (Wildman–Crippen LogP) is 4.14. The highest BCUT2D eigenvalue weighted by molar-refractivity contribution is 5.75. The van der Waals surface area contributed by atoms with Crippen molar-refractivity contribution < 1.29 is 0 Å². The maximum absolute atomic E-state index is 5.02. The highest BCUT2D eigenvalue weighted by Crippen LogP contribution is 2.36. The lowest BCUT2D eigenvalue weighted by atomic mass is 10.1. The molecule has 2 aromatic carbocycles. The highest BCUT2D eigenvalue weighted by atomic mass is 15.3. The lowest BCUT2D eigenvalue weighted by Crippen LogP contribution is -2.08. The average molecular weight is 332 g/mol. The van der Waals surface area contributed by atoms with Crippen molar-refractivity contribution in [3.63, 3.8) is 0 Å². The first-order valence-corrected chi connectivity index (χ1v) is 8.91. The van der Waals surface area contributed by atoms with Crippen LogP contribution in [-0.4, -0.2) is 30.4 Å². The summed E-state index contributed by atoms with van der Waals surface area (Å²) in [6.45, 7) is 3.17. The maximum atomic E-state index is 5.02. The zero-order valence-corrected chi connectivity index (χ0v) is 15.1. The van der Waals surface area contributed by atoms with Crippen molar-refractivity contribution in [3.8, 4) is 16.9 Å². The molecule has 1 aliphatic rings. The van der Waals surface area contributed by atoms with Crippen molar-refractivity contribution in [1.82, 2.24) is 9.78 Å². The minimum absolute atomic E-state index is 0.974. The third-order valence-electron chi connectivity index (χ3n) is 4.89. The number of fused-ring (bicyclic) bond motifs is 1. The minimum Gasteiger partial charge on any atom is -0.378 e. The number of nitrogens with one attached hydrogen (secondary N) is 1. The smallest absolute Gasteiger partial charge is 0.133 e. The summed E-state index contributed by atoms with van der Waals surface area (Å²) in [4.78, 5) is 2.13. The Balaban J connectivity index is 1.88. The summed E-state index contributed by atoms with van der Waals surface area (Å²) in [5, 5.41) is 8.55. The van der Waals surface area contributed by atoms with Crippen molar-refractivity contribution >= 4 is 11.5 Å². The van der Waals surface area contributed by atoms with E-state index in [-0.39, 0.29) is 0 Å². The van der Waals surface area contributed by atoms with Gasteiger partial charge in [-0.1, -0.05) is 37.3 Å². The van der Waals surface area contributed by atoms with Crippen LogP contribution in [0, 0.1) is 0 Å². The first-order chi connectivity index (χ1) is 12.2. The molecule has 0 fully saturated rings. The average Bonchev–Trinajstić information content (AvgIpc) is 3.24. The van der Waals surface area contributed by atoms with E-state index in [1.54, 1.807) is 0 Å².